The quantitative estimate of drug-likeness (QED) is 0.396. The van der Waals surface area contributed by atoms with E-state index in [-0.39, 0.29) is 19.4 Å². The van der Waals surface area contributed by atoms with Crippen molar-refractivity contribution in [2.45, 2.75) is 13.8 Å². The highest BCUT2D eigenvalue weighted by atomic mass is 31.2. The lowest BCUT2D eigenvalue weighted by Crippen LogP contribution is -1.99. The first kappa shape index (κ1) is 14.0. The average Bonchev–Trinajstić information content (AvgIpc) is 2.19. The van der Waals surface area contributed by atoms with Crippen molar-refractivity contribution in [2.24, 2.45) is 0 Å². The van der Waals surface area contributed by atoms with E-state index >= 15 is 0 Å². The lowest BCUT2D eigenvalue weighted by Gasteiger charge is -2.13. The van der Waals surface area contributed by atoms with Gasteiger partial charge in [0.15, 0.2) is 0 Å². The fourth-order valence-electron chi connectivity index (χ4n) is 0.706. The molecular formula is C11H15O3P. The van der Waals surface area contributed by atoms with E-state index in [1.807, 2.05) is 0 Å². The molecule has 0 saturated carbocycles. The van der Waals surface area contributed by atoms with Crippen LogP contribution in [0.4, 0.5) is 0 Å². The maximum absolute atomic E-state index is 11.9. The van der Waals surface area contributed by atoms with Crippen molar-refractivity contribution in [1.29, 1.82) is 0 Å². The summed E-state index contributed by atoms with van der Waals surface area (Å²) in [6.45, 7) is 7.07. The molecule has 0 N–H and O–H groups in total. The minimum Gasteiger partial charge on any atom is -0.295 e. The summed E-state index contributed by atoms with van der Waals surface area (Å²) >= 11 is 0. The van der Waals surface area contributed by atoms with Gasteiger partial charge in [-0.15, -0.1) is 18.4 Å². The summed E-state index contributed by atoms with van der Waals surface area (Å²) in [6.07, 6.45) is 1.67. The van der Waals surface area contributed by atoms with Crippen LogP contribution in [-0.2, 0) is 13.6 Å². The standard InChI is InChI=1S/C11H15O3P/c1-4-7-9-13-15(12,11-6-3)14-10-8-5-2/h6H,3,9-11H2,1-2H3. The number of allylic oxidation sites excluding steroid dienone is 1. The van der Waals surface area contributed by atoms with Crippen LogP contribution in [0, 0.1) is 23.7 Å². The van der Waals surface area contributed by atoms with Crippen LogP contribution in [0.2, 0.25) is 0 Å². The van der Waals surface area contributed by atoms with E-state index in [9.17, 15) is 4.57 Å². The minimum absolute atomic E-state index is 0.0984. The molecule has 0 fully saturated rings. The van der Waals surface area contributed by atoms with Gasteiger partial charge in [0, 0.05) is 0 Å². The van der Waals surface area contributed by atoms with Crippen LogP contribution in [-0.4, -0.2) is 19.4 Å². The van der Waals surface area contributed by atoms with Gasteiger partial charge in [-0.05, 0) is 13.8 Å². The van der Waals surface area contributed by atoms with Gasteiger partial charge in [-0.25, -0.2) is 0 Å². The van der Waals surface area contributed by atoms with Crippen LogP contribution in [0.25, 0.3) is 0 Å². The van der Waals surface area contributed by atoms with Crippen LogP contribution in [0.15, 0.2) is 12.7 Å². The second-order valence-electron chi connectivity index (χ2n) is 2.48. The van der Waals surface area contributed by atoms with Crippen molar-refractivity contribution in [3.63, 3.8) is 0 Å². The third-order valence-corrected chi connectivity index (χ3v) is 3.12. The molecule has 0 aliphatic heterocycles. The van der Waals surface area contributed by atoms with Gasteiger partial charge in [0.05, 0.1) is 6.16 Å². The van der Waals surface area contributed by atoms with Gasteiger partial charge >= 0.3 is 7.60 Å². The molecule has 0 unspecified atom stereocenters. The molecule has 15 heavy (non-hydrogen) atoms. The lowest BCUT2D eigenvalue weighted by molar-refractivity contribution is 0.245. The first-order valence-corrected chi connectivity index (χ1v) is 6.19. The van der Waals surface area contributed by atoms with Gasteiger partial charge in [-0.1, -0.05) is 17.9 Å². The molecule has 82 valence electrons. The van der Waals surface area contributed by atoms with Crippen molar-refractivity contribution >= 4 is 7.60 Å². The van der Waals surface area contributed by atoms with Crippen LogP contribution in [0.3, 0.4) is 0 Å². The molecule has 0 aromatic rings. The summed E-state index contributed by atoms with van der Waals surface area (Å²) in [4.78, 5) is 0. The van der Waals surface area contributed by atoms with Gasteiger partial charge in [-0.3, -0.25) is 13.6 Å². The molecule has 0 rings (SSSR count). The first-order chi connectivity index (χ1) is 7.18. The van der Waals surface area contributed by atoms with Crippen LogP contribution in [0.1, 0.15) is 13.8 Å². The highest BCUT2D eigenvalue weighted by molar-refractivity contribution is 7.54. The minimum atomic E-state index is -3.10. The molecule has 0 bridgehead atoms. The van der Waals surface area contributed by atoms with Crippen LogP contribution >= 0.6 is 7.60 Å². The number of rotatable bonds is 6. The van der Waals surface area contributed by atoms with Crippen LogP contribution in [0.5, 0.6) is 0 Å². The van der Waals surface area contributed by atoms with Crippen molar-refractivity contribution < 1.29 is 13.6 Å². The summed E-state index contributed by atoms with van der Waals surface area (Å²) in [6, 6.07) is 0. The van der Waals surface area contributed by atoms with Gasteiger partial charge in [0.2, 0.25) is 0 Å². The van der Waals surface area contributed by atoms with E-state index in [0.29, 0.717) is 0 Å². The topological polar surface area (TPSA) is 35.5 Å². The summed E-state index contributed by atoms with van der Waals surface area (Å²) in [5.74, 6) is 10.6. The Balaban J connectivity index is 4.25. The van der Waals surface area contributed by atoms with E-state index in [4.69, 9.17) is 9.05 Å². The van der Waals surface area contributed by atoms with E-state index in [0.717, 1.165) is 0 Å². The molecule has 0 radical (unpaired) electrons. The second-order valence-corrected chi connectivity index (χ2v) is 4.59. The normalized spacial score (nSPS) is 9.47. The Labute approximate surface area is 91.4 Å². The molecule has 4 heteroatoms. The van der Waals surface area contributed by atoms with E-state index in [1.165, 1.54) is 6.08 Å². The maximum Gasteiger partial charge on any atom is 0.336 e. The van der Waals surface area contributed by atoms with Gasteiger partial charge in [0.25, 0.3) is 0 Å². The number of hydrogen-bond donors (Lipinski definition) is 0. The van der Waals surface area contributed by atoms with Crippen molar-refractivity contribution in [2.75, 3.05) is 19.4 Å². The molecule has 0 aliphatic carbocycles. The monoisotopic (exact) mass is 226 g/mol. The molecule has 0 saturated heterocycles. The predicted octanol–water partition coefficient (Wildman–Crippen LogP) is 2.45. The zero-order valence-corrected chi connectivity index (χ0v) is 9.97. The molecular weight excluding hydrogens is 211 g/mol. The Morgan fingerprint density at radius 3 is 2.00 bits per heavy atom. The molecule has 0 heterocycles. The van der Waals surface area contributed by atoms with Crippen molar-refractivity contribution in [1.82, 2.24) is 0 Å². The Kier molecular flexibility index (Phi) is 7.78. The average molecular weight is 226 g/mol. The van der Waals surface area contributed by atoms with Gasteiger partial charge in [-0.2, -0.15) is 0 Å². The Bertz CT molecular complexity index is 323. The largest absolute Gasteiger partial charge is 0.336 e. The summed E-state index contributed by atoms with van der Waals surface area (Å²) in [5, 5.41) is 0. The van der Waals surface area contributed by atoms with Gasteiger partial charge in [0.1, 0.15) is 13.2 Å². The molecule has 0 atom stereocenters. The van der Waals surface area contributed by atoms with E-state index < -0.39 is 7.60 Å². The smallest absolute Gasteiger partial charge is 0.295 e. The predicted molar refractivity (Wildman–Crippen MR) is 61.5 cm³/mol. The lowest BCUT2D eigenvalue weighted by atomic mass is 10.6. The Hall–Kier alpha value is -0.990. The molecule has 0 aliphatic rings. The van der Waals surface area contributed by atoms with Crippen molar-refractivity contribution in [3.05, 3.63) is 12.7 Å². The fraction of sp³-hybridized carbons (Fsp3) is 0.455. The Morgan fingerprint density at radius 2 is 1.67 bits per heavy atom. The highest BCUT2D eigenvalue weighted by Gasteiger charge is 2.21. The third kappa shape index (κ3) is 7.00. The van der Waals surface area contributed by atoms with Crippen molar-refractivity contribution in [3.8, 4) is 23.7 Å². The third-order valence-electron chi connectivity index (χ3n) is 1.37. The van der Waals surface area contributed by atoms with Gasteiger partial charge < -0.3 is 0 Å². The molecule has 0 aromatic heterocycles. The molecule has 0 aromatic carbocycles. The molecule has 0 amide bonds. The summed E-state index contributed by atoms with van der Waals surface area (Å²) in [7, 11) is -3.10. The van der Waals surface area contributed by atoms with Crippen LogP contribution < -0.4 is 0 Å². The molecule has 0 spiro atoms. The molecule has 3 nitrogen and oxygen atoms in total. The summed E-state index contributed by atoms with van der Waals surface area (Å²) in [5.41, 5.74) is 0. The Morgan fingerprint density at radius 1 is 1.20 bits per heavy atom. The van der Waals surface area contributed by atoms with E-state index in [2.05, 4.69) is 30.3 Å². The zero-order chi connectivity index (χ0) is 11.6. The fourth-order valence-corrected chi connectivity index (χ4v) is 1.83. The second kappa shape index (κ2) is 8.33. The SMILES string of the molecule is C=CCP(=O)(OCC#CC)OCC#CC. The first-order valence-electron chi connectivity index (χ1n) is 4.46. The van der Waals surface area contributed by atoms with E-state index in [1.54, 1.807) is 13.8 Å². The number of hydrogen-bond acceptors (Lipinski definition) is 3. The maximum atomic E-state index is 11.9. The zero-order valence-electron chi connectivity index (χ0n) is 9.08. The highest BCUT2D eigenvalue weighted by Crippen LogP contribution is 2.47. The summed E-state index contributed by atoms with van der Waals surface area (Å²) < 4.78 is 22.1.